The Bertz CT molecular complexity index is 513. The third kappa shape index (κ3) is 2.66. The highest BCUT2D eigenvalue weighted by Gasteiger charge is 2.40. The highest BCUT2D eigenvalue weighted by molar-refractivity contribution is 5.43. The van der Waals surface area contributed by atoms with E-state index in [0.717, 1.165) is 39.0 Å². The zero-order valence-corrected chi connectivity index (χ0v) is 11.2. The van der Waals surface area contributed by atoms with Gasteiger partial charge in [-0.2, -0.15) is 0 Å². The molecule has 2 aliphatic rings. The van der Waals surface area contributed by atoms with Crippen LogP contribution in [0.15, 0.2) is 18.2 Å². The minimum absolute atomic E-state index is 0.0202. The van der Waals surface area contributed by atoms with E-state index in [4.69, 9.17) is 0 Å². The van der Waals surface area contributed by atoms with Gasteiger partial charge in [-0.3, -0.25) is 15.0 Å². The van der Waals surface area contributed by atoms with Crippen LogP contribution in [0.5, 0.6) is 0 Å². The Kier molecular flexibility index (Phi) is 3.67. The van der Waals surface area contributed by atoms with Gasteiger partial charge in [-0.15, -0.1) is 0 Å². The van der Waals surface area contributed by atoms with Crippen LogP contribution in [0, 0.1) is 21.8 Å². The van der Waals surface area contributed by atoms with E-state index in [1.807, 2.05) is 0 Å². The average Bonchev–Trinajstić information content (AvgIpc) is 3.25. The molecule has 108 valence electrons. The number of nitro benzene ring substituents is 1. The number of halogens is 1. The van der Waals surface area contributed by atoms with Crippen LogP contribution in [0.4, 0.5) is 10.1 Å². The van der Waals surface area contributed by atoms with Crippen LogP contribution in [-0.2, 0) is 0 Å². The molecule has 1 N–H and O–H groups in total. The van der Waals surface area contributed by atoms with Crippen molar-refractivity contribution in [3.63, 3.8) is 0 Å². The molecule has 5 nitrogen and oxygen atoms in total. The summed E-state index contributed by atoms with van der Waals surface area (Å²) in [5, 5.41) is 14.5. The van der Waals surface area contributed by atoms with E-state index in [9.17, 15) is 14.5 Å². The van der Waals surface area contributed by atoms with Gasteiger partial charge in [0, 0.05) is 38.3 Å². The Morgan fingerprint density at radius 1 is 1.35 bits per heavy atom. The van der Waals surface area contributed by atoms with Gasteiger partial charge < -0.3 is 5.32 Å². The van der Waals surface area contributed by atoms with Crippen LogP contribution < -0.4 is 5.32 Å². The zero-order chi connectivity index (χ0) is 14.1. The van der Waals surface area contributed by atoms with E-state index >= 15 is 0 Å². The minimum Gasteiger partial charge on any atom is -0.314 e. The number of nitro groups is 1. The summed E-state index contributed by atoms with van der Waals surface area (Å²) >= 11 is 0. The van der Waals surface area contributed by atoms with Gasteiger partial charge in [0.1, 0.15) is 5.82 Å². The molecule has 1 saturated carbocycles. The molecule has 0 unspecified atom stereocenters. The fourth-order valence-electron chi connectivity index (χ4n) is 3.05. The predicted molar refractivity (Wildman–Crippen MR) is 73.0 cm³/mol. The highest BCUT2D eigenvalue weighted by Crippen LogP contribution is 2.47. The lowest BCUT2D eigenvalue weighted by molar-refractivity contribution is -0.386. The first-order valence-electron chi connectivity index (χ1n) is 7.05. The molecule has 20 heavy (non-hydrogen) atoms. The summed E-state index contributed by atoms with van der Waals surface area (Å²) in [5.41, 5.74) is 0.584. The number of rotatable bonds is 4. The van der Waals surface area contributed by atoms with Crippen LogP contribution in [0.1, 0.15) is 24.4 Å². The molecular formula is C14H18FN3O2. The van der Waals surface area contributed by atoms with Crippen LogP contribution in [0.2, 0.25) is 0 Å². The molecule has 1 aromatic rings. The lowest BCUT2D eigenvalue weighted by Crippen LogP contribution is -2.45. The summed E-state index contributed by atoms with van der Waals surface area (Å²) in [4.78, 5) is 13.1. The fourth-order valence-corrected chi connectivity index (χ4v) is 3.05. The first-order valence-corrected chi connectivity index (χ1v) is 7.05. The fraction of sp³-hybridized carbons (Fsp3) is 0.571. The average molecular weight is 279 g/mol. The summed E-state index contributed by atoms with van der Waals surface area (Å²) in [7, 11) is 0. The molecule has 0 spiro atoms. The molecule has 0 aromatic heterocycles. The van der Waals surface area contributed by atoms with E-state index in [-0.39, 0.29) is 11.7 Å². The van der Waals surface area contributed by atoms with Gasteiger partial charge in [-0.05, 0) is 30.9 Å². The van der Waals surface area contributed by atoms with Crippen LogP contribution in [-0.4, -0.2) is 36.0 Å². The van der Waals surface area contributed by atoms with Gasteiger partial charge in [0.15, 0.2) is 0 Å². The third-order valence-electron chi connectivity index (χ3n) is 4.12. The summed E-state index contributed by atoms with van der Waals surface area (Å²) in [6.07, 6.45) is 2.14. The standard InChI is InChI=1S/C14H18FN3O2/c15-11-3-4-13(18(19)20)12(9-11)14(10-1-2-10)17-7-5-16-6-8-17/h3-4,9-10,14,16H,1-2,5-8H2/t14-/m1/s1. The normalized spacial score (nSPS) is 21.6. The second-order valence-corrected chi connectivity index (χ2v) is 5.53. The quantitative estimate of drug-likeness (QED) is 0.677. The largest absolute Gasteiger partial charge is 0.314 e. The molecule has 1 atom stereocenters. The molecule has 0 radical (unpaired) electrons. The van der Waals surface area contributed by atoms with Crippen molar-refractivity contribution in [3.8, 4) is 0 Å². The molecule has 0 amide bonds. The molecule has 3 rings (SSSR count). The summed E-state index contributed by atoms with van der Waals surface area (Å²) < 4.78 is 13.6. The molecule has 1 aliphatic carbocycles. The maximum absolute atomic E-state index is 13.6. The Hall–Kier alpha value is -1.53. The molecule has 0 bridgehead atoms. The van der Waals surface area contributed by atoms with E-state index in [1.54, 1.807) is 0 Å². The van der Waals surface area contributed by atoms with Crippen molar-refractivity contribution >= 4 is 5.69 Å². The second kappa shape index (κ2) is 5.46. The lowest BCUT2D eigenvalue weighted by atomic mass is 9.98. The maximum atomic E-state index is 13.6. The number of piperazine rings is 1. The second-order valence-electron chi connectivity index (χ2n) is 5.53. The monoisotopic (exact) mass is 279 g/mol. The van der Waals surface area contributed by atoms with Gasteiger partial charge in [0.25, 0.3) is 5.69 Å². The third-order valence-corrected chi connectivity index (χ3v) is 4.12. The van der Waals surface area contributed by atoms with Crippen molar-refractivity contribution in [2.75, 3.05) is 26.2 Å². The van der Waals surface area contributed by atoms with Gasteiger partial charge >= 0.3 is 0 Å². The molecule has 1 saturated heterocycles. The molecular weight excluding hydrogens is 261 g/mol. The summed E-state index contributed by atoms with van der Waals surface area (Å²) in [6, 6.07) is 3.79. The molecule has 1 aliphatic heterocycles. The lowest BCUT2D eigenvalue weighted by Gasteiger charge is -2.35. The van der Waals surface area contributed by atoms with Crippen LogP contribution in [0.3, 0.4) is 0 Å². The Balaban J connectivity index is 1.98. The summed E-state index contributed by atoms with van der Waals surface area (Å²) in [6.45, 7) is 3.47. The van der Waals surface area contributed by atoms with E-state index < -0.39 is 10.7 Å². The number of hydrogen-bond acceptors (Lipinski definition) is 4. The minimum atomic E-state index is -0.397. The number of nitrogens with zero attached hydrogens (tertiary/aromatic N) is 2. The maximum Gasteiger partial charge on any atom is 0.274 e. The first kappa shape index (κ1) is 13.5. The van der Waals surface area contributed by atoms with Crippen molar-refractivity contribution in [2.24, 2.45) is 5.92 Å². The number of hydrogen-bond donors (Lipinski definition) is 1. The SMILES string of the molecule is O=[N+]([O-])c1ccc(F)cc1[C@@H](C1CC1)N1CCNCC1. The Morgan fingerprint density at radius 3 is 2.65 bits per heavy atom. The van der Waals surface area contributed by atoms with Gasteiger partial charge in [0.2, 0.25) is 0 Å². The van der Waals surface area contributed by atoms with E-state index in [2.05, 4.69) is 10.2 Å². The molecule has 1 heterocycles. The smallest absolute Gasteiger partial charge is 0.274 e. The van der Waals surface area contributed by atoms with Crippen molar-refractivity contribution < 1.29 is 9.31 Å². The Labute approximate surface area is 116 Å². The topological polar surface area (TPSA) is 58.4 Å². The molecule has 2 fully saturated rings. The van der Waals surface area contributed by atoms with Gasteiger partial charge in [0.05, 0.1) is 10.5 Å². The predicted octanol–water partition coefficient (Wildman–Crippen LogP) is 2.09. The summed E-state index contributed by atoms with van der Waals surface area (Å²) in [5.74, 6) is 0.0278. The zero-order valence-electron chi connectivity index (χ0n) is 11.2. The number of nitrogens with one attached hydrogen (secondary N) is 1. The van der Waals surface area contributed by atoms with Gasteiger partial charge in [-0.25, -0.2) is 4.39 Å². The van der Waals surface area contributed by atoms with Crippen molar-refractivity contribution in [1.82, 2.24) is 10.2 Å². The van der Waals surface area contributed by atoms with E-state index in [1.165, 1.54) is 18.2 Å². The molecule has 1 aromatic carbocycles. The van der Waals surface area contributed by atoms with E-state index in [0.29, 0.717) is 11.5 Å². The van der Waals surface area contributed by atoms with Crippen molar-refractivity contribution in [2.45, 2.75) is 18.9 Å². The van der Waals surface area contributed by atoms with Crippen molar-refractivity contribution in [1.29, 1.82) is 0 Å². The molecule has 6 heteroatoms. The highest BCUT2D eigenvalue weighted by atomic mass is 19.1. The first-order chi connectivity index (χ1) is 9.66. The van der Waals surface area contributed by atoms with Crippen LogP contribution >= 0.6 is 0 Å². The van der Waals surface area contributed by atoms with Crippen molar-refractivity contribution in [3.05, 3.63) is 39.7 Å². The van der Waals surface area contributed by atoms with Crippen LogP contribution in [0.25, 0.3) is 0 Å². The van der Waals surface area contributed by atoms with Gasteiger partial charge in [-0.1, -0.05) is 0 Å². The number of benzene rings is 1. The Morgan fingerprint density at radius 2 is 2.05 bits per heavy atom.